The minimum atomic E-state index is -0.0992. The summed E-state index contributed by atoms with van der Waals surface area (Å²) in [7, 11) is 0. The van der Waals surface area contributed by atoms with Crippen LogP contribution in [0.4, 0.5) is 0 Å². The molecule has 0 aromatic carbocycles. The largest absolute Gasteiger partial charge is 0.462 e. The molecule has 0 aromatic rings. The van der Waals surface area contributed by atoms with E-state index in [0.717, 1.165) is 19.3 Å². The van der Waals surface area contributed by atoms with Crippen LogP contribution in [0.2, 0.25) is 0 Å². The van der Waals surface area contributed by atoms with Crippen LogP contribution < -0.4 is 0 Å². The molecule has 3 nitrogen and oxygen atoms in total. The molecule has 0 spiro atoms. The molecule has 0 radical (unpaired) electrons. The van der Waals surface area contributed by atoms with Crippen LogP contribution in [0.1, 0.15) is 33.1 Å². The van der Waals surface area contributed by atoms with Crippen molar-refractivity contribution in [1.82, 2.24) is 0 Å². The van der Waals surface area contributed by atoms with Gasteiger partial charge in [-0.15, -0.1) is 0 Å². The number of hydrogen-bond acceptors (Lipinski definition) is 3. The van der Waals surface area contributed by atoms with Crippen LogP contribution in [0.5, 0.6) is 0 Å². The first-order chi connectivity index (χ1) is 6.16. The van der Waals surface area contributed by atoms with E-state index >= 15 is 0 Å². The molecule has 0 aromatic heterocycles. The Morgan fingerprint density at radius 2 is 2.08 bits per heavy atom. The second-order valence-corrected chi connectivity index (χ2v) is 4.15. The highest BCUT2D eigenvalue weighted by molar-refractivity contribution is 5.73. The van der Waals surface area contributed by atoms with E-state index in [-0.39, 0.29) is 24.1 Å². The van der Waals surface area contributed by atoms with Crippen LogP contribution in [0.3, 0.4) is 0 Å². The lowest BCUT2D eigenvalue weighted by Gasteiger charge is -2.26. The Kier molecular flexibility index (Phi) is 2.28. The van der Waals surface area contributed by atoms with E-state index in [0.29, 0.717) is 6.10 Å². The Bertz CT molecular complexity index is 214. The van der Waals surface area contributed by atoms with Gasteiger partial charge in [-0.25, -0.2) is 0 Å². The van der Waals surface area contributed by atoms with Gasteiger partial charge in [0.15, 0.2) is 0 Å². The fourth-order valence-corrected chi connectivity index (χ4v) is 2.15. The van der Waals surface area contributed by atoms with Crippen molar-refractivity contribution in [3.8, 4) is 0 Å². The lowest BCUT2D eigenvalue weighted by Crippen LogP contribution is -2.34. The number of carbonyl (C=O) groups is 1. The lowest BCUT2D eigenvalue weighted by atomic mass is 10.0. The van der Waals surface area contributed by atoms with Gasteiger partial charge in [0.25, 0.3) is 0 Å². The van der Waals surface area contributed by atoms with Gasteiger partial charge in [0.2, 0.25) is 0 Å². The average Bonchev–Trinajstić information content (AvgIpc) is 2.50. The number of hydrogen-bond donors (Lipinski definition) is 0. The molecule has 0 saturated carbocycles. The Hall–Kier alpha value is -0.570. The Morgan fingerprint density at radius 1 is 1.31 bits per heavy atom. The van der Waals surface area contributed by atoms with Crippen LogP contribution in [-0.4, -0.2) is 24.3 Å². The van der Waals surface area contributed by atoms with Gasteiger partial charge in [0.05, 0.1) is 18.1 Å². The molecule has 0 N–H and O–H groups in total. The lowest BCUT2D eigenvalue weighted by molar-refractivity contribution is -0.164. The van der Waals surface area contributed by atoms with Crippen molar-refractivity contribution in [3.05, 3.63) is 0 Å². The Labute approximate surface area is 78.4 Å². The highest BCUT2D eigenvalue weighted by Gasteiger charge is 2.37. The van der Waals surface area contributed by atoms with Crippen LogP contribution in [0, 0.1) is 5.92 Å². The third-order valence-corrected chi connectivity index (χ3v) is 2.98. The first-order valence-electron chi connectivity index (χ1n) is 5.03. The predicted molar refractivity (Wildman–Crippen MR) is 47.2 cm³/mol. The zero-order chi connectivity index (χ0) is 9.42. The van der Waals surface area contributed by atoms with Crippen molar-refractivity contribution in [2.24, 2.45) is 5.92 Å². The summed E-state index contributed by atoms with van der Waals surface area (Å²) in [4.78, 5) is 11.5. The SMILES string of the molecule is C[C@@H]1C[C@@H]2CC[C@@H](O2)[C@H](C)C(=O)O1. The van der Waals surface area contributed by atoms with Gasteiger partial charge in [-0.1, -0.05) is 0 Å². The quantitative estimate of drug-likeness (QED) is 0.535. The number of ether oxygens (including phenoxy) is 2. The van der Waals surface area contributed by atoms with Gasteiger partial charge < -0.3 is 9.47 Å². The van der Waals surface area contributed by atoms with Crippen molar-refractivity contribution in [2.45, 2.75) is 51.4 Å². The highest BCUT2D eigenvalue weighted by atomic mass is 16.6. The summed E-state index contributed by atoms with van der Waals surface area (Å²) in [5.74, 6) is -0.189. The Balaban J connectivity index is 2.11. The number of esters is 1. The van der Waals surface area contributed by atoms with E-state index in [4.69, 9.17) is 9.47 Å². The standard InChI is InChI=1S/C10H16O3/c1-6-5-8-3-4-9(13-8)7(2)10(11)12-6/h6-9H,3-5H2,1-2H3/t6-,7+,8+,9-/m1/s1. The van der Waals surface area contributed by atoms with Crippen molar-refractivity contribution in [2.75, 3.05) is 0 Å². The number of fused-ring (bicyclic) bond motifs is 2. The third-order valence-electron chi connectivity index (χ3n) is 2.98. The average molecular weight is 184 g/mol. The first-order valence-corrected chi connectivity index (χ1v) is 5.03. The maximum absolute atomic E-state index is 11.5. The molecule has 2 rings (SSSR count). The van der Waals surface area contributed by atoms with Crippen molar-refractivity contribution in [3.63, 3.8) is 0 Å². The van der Waals surface area contributed by atoms with Gasteiger partial charge >= 0.3 is 5.97 Å². The van der Waals surface area contributed by atoms with Crippen molar-refractivity contribution in [1.29, 1.82) is 0 Å². The highest BCUT2D eigenvalue weighted by Crippen LogP contribution is 2.31. The number of carbonyl (C=O) groups excluding carboxylic acids is 1. The van der Waals surface area contributed by atoms with Crippen molar-refractivity contribution < 1.29 is 14.3 Å². The van der Waals surface area contributed by atoms with Crippen molar-refractivity contribution >= 4 is 5.97 Å². The maximum atomic E-state index is 11.5. The topological polar surface area (TPSA) is 35.5 Å². The fourth-order valence-electron chi connectivity index (χ4n) is 2.15. The number of rotatable bonds is 0. The van der Waals surface area contributed by atoms with E-state index in [2.05, 4.69) is 0 Å². The van der Waals surface area contributed by atoms with E-state index in [1.807, 2.05) is 13.8 Å². The van der Waals surface area contributed by atoms with Crippen LogP contribution in [-0.2, 0) is 14.3 Å². The molecule has 2 bridgehead atoms. The summed E-state index contributed by atoms with van der Waals surface area (Å²) in [6.45, 7) is 3.83. The van der Waals surface area contributed by atoms with Gasteiger partial charge in [-0.05, 0) is 26.7 Å². The van der Waals surface area contributed by atoms with Crippen LogP contribution in [0.15, 0.2) is 0 Å². The molecule has 0 amide bonds. The molecule has 13 heavy (non-hydrogen) atoms. The summed E-state index contributed by atoms with van der Waals surface area (Å²) >= 11 is 0. The zero-order valence-electron chi connectivity index (χ0n) is 8.16. The maximum Gasteiger partial charge on any atom is 0.311 e. The van der Waals surface area contributed by atoms with E-state index in [9.17, 15) is 4.79 Å². The fraction of sp³-hybridized carbons (Fsp3) is 0.900. The minimum absolute atomic E-state index is 0.0130. The van der Waals surface area contributed by atoms with E-state index in [1.165, 1.54) is 0 Å². The first kappa shape index (κ1) is 9.00. The monoisotopic (exact) mass is 184 g/mol. The molecule has 2 saturated heterocycles. The van der Waals surface area contributed by atoms with Gasteiger partial charge in [0, 0.05) is 6.42 Å². The van der Waals surface area contributed by atoms with Crippen LogP contribution in [0.25, 0.3) is 0 Å². The van der Waals surface area contributed by atoms with Gasteiger partial charge in [-0.3, -0.25) is 4.79 Å². The molecule has 3 heteroatoms. The molecule has 0 unspecified atom stereocenters. The summed E-state index contributed by atoms with van der Waals surface area (Å²) < 4.78 is 11.0. The summed E-state index contributed by atoms with van der Waals surface area (Å²) in [5, 5.41) is 0. The molecule has 2 aliphatic rings. The van der Waals surface area contributed by atoms with Crippen LogP contribution >= 0.6 is 0 Å². The second-order valence-electron chi connectivity index (χ2n) is 4.15. The molecule has 0 aliphatic carbocycles. The molecule has 2 fully saturated rings. The molecular weight excluding hydrogens is 168 g/mol. The normalized spacial score (nSPS) is 45.2. The van der Waals surface area contributed by atoms with E-state index in [1.54, 1.807) is 0 Å². The molecule has 74 valence electrons. The predicted octanol–water partition coefficient (Wildman–Crippen LogP) is 1.51. The summed E-state index contributed by atoms with van der Waals surface area (Å²) in [6.07, 6.45) is 3.37. The third kappa shape index (κ3) is 1.70. The minimum Gasteiger partial charge on any atom is -0.462 e. The summed E-state index contributed by atoms with van der Waals surface area (Å²) in [6, 6.07) is 0. The molecular formula is C10H16O3. The molecule has 2 aliphatic heterocycles. The molecule has 4 atom stereocenters. The second kappa shape index (κ2) is 3.29. The summed E-state index contributed by atoms with van der Waals surface area (Å²) in [5.41, 5.74) is 0. The molecule has 2 heterocycles. The smallest absolute Gasteiger partial charge is 0.311 e. The number of cyclic esters (lactones) is 1. The van der Waals surface area contributed by atoms with Gasteiger partial charge in [-0.2, -0.15) is 0 Å². The van der Waals surface area contributed by atoms with E-state index < -0.39 is 0 Å². The van der Waals surface area contributed by atoms with Gasteiger partial charge in [0.1, 0.15) is 6.10 Å². The zero-order valence-corrected chi connectivity index (χ0v) is 8.16. The Morgan fingerprint density at radius 3 is 2.85 bits per heavy atom.